The minimum absolute atomic E-state index is 0.218. The van der Waals surface area contributed by atoms with Crippen LogP contribution in [0.25, 0.3) is 5.69 Å². The van der Waals surface area contributed by atoms with E-state index in [0.29, 0.717) is 55.2 Å². The highest BCUT2D eigenvalue weighted by atomic mass is 35.5. The summed E-state index contributed by atoms with van der Waals surface area (Å²) in [5.74, 6) is -0.435. The van der Waals surface area contributed by atoms with Gasteiger partial charge in [-0.1, -0.05) is 41.9 Å². The highest BCUT2D eigenvalue weighted by Gasteiger charge is 2.41. The molecule has 1 N–H and O–H groups in total. The molecular formula is C27H28ClN3O3. The van der Waals surface area contributed by atoms with Crippen molar-refractivity contribution in [3.8, 4) is 5.69 Å². The number of amides is 2. The van der Waals surface area contributed by atoms with Crippen LogP contribution in [0, 0.1) is 13.8 Å². The molecular weight excluding hydrogens is 450 g/mol. The number of aromatic nitrogens is 1. The van der Waals surface area contributed by atoms with E-state index in [1.54, 1.807) is 12.1 Å². The maximum absolute atomic E-state index is 13.2. The molecule has 2 aromatic carbocycles. The molecule has 7 heteroatoms. The molecule has 0 spiro atoms. The normalized spacial score (nSPS) is 17.9. The van der Waals surface area contributed by atoms with Gasteiger partial charge in [-0.2, -0.15) is 0 Å². The third-order valence-corrected chi connectivity index (χ3v) is 7.53. The third kappa shape index (κ3) is 3.76. The minimum Gasteiger partial charge on any atom is -0.385 e. The molecule has 34 heavy (non-hydrogen) atoms. The van der Waals surface area contributed by atoms with Crippen LogP contribution in [0.15, 0.2) is 54.6 Å². The monoisotopic (exact) mass is 477 g/mol. The number of nitrogens with zero attached hydrogens (tertiary/aromatic N) is 3. The number of likely N-dealkylation sites (tertiary alicyclic amines) is 1. The second-order valence-electron chi connectivity index (χ2n) is 9.23. The van der Waals surface area contributed by atoms with Gasteiger partial charge >= 0.3 is 0 Å². The zero-order valence-corrected chi connectivity index (χ0v) is 20.2. The van der Waals surface area contributed by atoms with E-state index in [1.165, 1.54) is 4.90 Å². The topological polar surface area (TPSA) is 65.8 Å². The molecule has 6 nitrogen and oxygen atoms in total. The Bertz CT molecular complexity index is 1200. The Kier molecular flexibility index (Phi) is 5.84. The number of fused-ring (bicyclic) bond motifs is 1. The number of benzene rings is 2. The van der Waals surface area contributed by atoms with Crippen LogP contribution in [0.4, 0.5) is 0 Å². The second-order valence-corrected chi connectivity index (χ2v) is 9.67. The number of carbonyl (C=O) groups is 2. The van der Waals surface area contributed by atoms with Crippen molar-refractivity contribution >= 4 is 23.4 Å². The number of piperidine rings is 1. The van der Waals surface area contributed by atoms with Crippen LogP contribution >= 0.6 is 11.6 Å². The summed E-state index contributed by atoms with van der Waals surface area (Å²) in [6.45, 7) is 6.12. The van der Waals surface area contributed by atoms with E-state index in [-0.39, 0.29) is 11.8 Å². The largest absolute Gasteiger partial charge is 0.385 e. The fraction of sp³-hybridized carbons (Fsp3) is 0.333. The summed E-state index contributed by atoms with van der Waals surface area (Å²) in [5, 5.41) is 11.7. The molecule has 1 fully saturated rings. The summed E-state index contributed by atoms with van der Waals surface area (Å²) in [4.78, 5) is 30.1. The fourth-order valence-corrected chi connectivity index (χ4v) is 5.45. The van der Waals surface area contributed by atoms with Gasteiger partial charge in [0.2, 0.25) is 0 Å². The zero-order valence-electron chi connectivity index (χ0n) is 19.4. The van der Waals surface area contributed by atoms with Gasteiger partial charge in [-0.25, -0.2) is 0 Å². The number of carbonyl (C=O) groups excluding carboxylic acids is 2. The molecule has 1 saturated heterocycles. The number of hydrogen-bond acceptors (Lipinski definition) is 4. The van der Waals surface area contributed by atoms with Gasteiger partial charge in [0, 0.05) is 48.3 Å². The molecule has 3 aromatic rings. The van der Waals surface area contributed by atoms with E-state index in [4.69, 9.17) is 11.6 Å². The van der Waals surface area contributed by atoms with Gasteiger partial charge in [-0.15, -0.1) is 0 Å². The number of hydrogen-bond donors (Lipinski definition) is 1. The molecule has 2 amide bonds. The van der Waals surface area contributed by atoms with Crippen molar-refractivity contribution in [2.45, 2.75) is 32.3 Å². The minimum atomic E-state index is -0.873. The van der Waals surface area contributed by atoms with Crippen LogP contribution in [-0.4, -0.2) is 57.5 Å². The smallest absolute Gasteiger partial charge is 0.263 e. The van der Waals surface area contributed by atoms with Gasteiger partial charge in [0.1, 0.15) is 0 Å². The van der Waals surface area contributed by atoms with E-state index >= 15 is 0 Å². The summed E-state index contributed by atoms with van der Waals surface area (Å²) >= 11 is 5.98. The Morgan fingerprint density at radius 3 is 1.97 bits per heavy atom. The van der Waals surface area contributed by atoms with Gasteiger partial charge in [0.05, 0.1) is 16.7 Å². The average molecular weight is 478 g/mol. The van der Waals surface area contributed by atoms with Gasteiger partial charge in [0.25, 0.3) is 11.8 Å². The number of para-hydroxylation sites is 1. The van der Waals surface area contributed by atoms with E-state index in [0.717, 1.165) is 22.6 Å². The fourth-order valence-electron chi connectivity index (χ4n) is 5.33. The summed E-state index contributed by atoms with van der Waals surface area (Å²) in [5.41, 5.74) is 3.57. The molecule has 0 aliphatic carbocycles. The molecule has 2 aliphatic rings. The standard InChI is InChI=1S/C27H28ClN3O3/c1-18-23-24(19(2)31(18)22-6-4-3-5-7-22)26(33)30(25(23)32)17-16-29-14-12-27(34,13-15-29)20-8-10-21(28)11-9-20/h3-11,34H,12-17H2,1-2H3. The van der Waals surface area contributed by atoms with Crippen LogP contribution in [0.2, 0.25) is 5.02 Å². The first-order chi connectivity index (χ1) is 16.3. The van der Waals surface area contributed by atoms with Gasteiger partial charge in [-0.3, -0.25) is 14.5 Å². The van der Waals surface area contributed by atoms with Crippen molar-refractivity contribution < 1.29 is 14.7 Å². The predicted octanol–water partition coefficient (Wildman–Crippen LogP) is 4.33. The molecule has 0 unspecified atom stereocenters. The number of imide groups is 1. The summed E-state index contributed by atoms with van der Waals surface area (Å²) in [6, 6.07) is 17.1. The lowest BCUT2D eigenvalue weighted by Crippen LogP contribution is -2.46. The maximum Gasteiger partial charge on any atom is 0.263 e. The Labute approximate surface area is 204 Å². The van der Waals surface area contributed by atoms with Gasteiger partial charge < -0.3 is 14.6 Å². The van der Waals surface area contributed by atoms with Gasteiger partial charge in [-0.05, 0) is 56.5 Å². The molecule has 3 heterocycles. The third-order valence-electron chi connectivity index (χ3n) is 7.28. The Balaban J connectivity index is 1.26. The van der Waals surface area contributed by atoms with Crippen molar-refractivity contribution in [1.82, 2.24) is 14.4 Å². The van der Waals surface area contributed by atoms with Crippen LogP contribution in [0.1, 0.15) is 50.5 Å². The van der Waals surface area contributed by atoms with Crippen molar-refractivity contribution in [3.63, 3.8) is 0 Å². The Morgan fingerprint density at radius 1 is 0.853 bits per heavy atom. The quantitative estimate of drug-likeness (QED) is 0.555. The van der Waals surface area contributed by atoms with Crippen molar-refractivity contribution in [3.05, 3.63) is 87.7 Å². The lowest BCUT2D eigenvalue weighted by molar-refractivity contribution is -0.0267. The first kappa shape index (κ1) is 22.8. The zero-order chi connectivity index (χ0) is 24.0. The van der Waals surface area contributed by atoms with Crippen molar-refractivity contribution in [1.29, 1.82) is 0 Å². The predicted molar refractivity (Wildman–Crippen MR) is 132 cm³/mol. The number of aliphatic hydroxyl groups is 1. The Morgan fingerprint density at radius 2 is 1.41 bits per heavy atom. The first-order valence-corrected chi connectivity index (χ1v) is 12.0. The van der Waals surface area contributed by atoms with Crippen LogP contribution in [0.5, 0.6) is 0 Å². The molecule has 1 aromatic heterocycles. The highest BCUT2D eigenvalue weighted by Crippen LogP contribution is 2.35. The molecule has 5 rings (SSSR count). The van der Waals surface area contributed by atoms with Gasteiger partial charge in [0.15, 0.2) is 0 Å². The first-order valence-electron chi connectivity index (χ1n) is 11.6. The van der Waals surface area contributed by atoms with Crippen LogP contribution in [0.3, 0.4) is 0 Å². The summed E-state index contributed by atoms with van der Waals surface area (Å²) in [6.07, 6.45) is 1.19. The van der Waals surface area contributed by atoms with E-state index in [9.17, 15) is 14.7 Å². The van der Waals surface area contributed by atoms with Crippen molar-refractivity contribution in [2.75, 3.05) is 26.2 Å². The lowest BCUT2D eigenvalue weighted by Gasteiger charge is -2.39. The second kappa shape index (κ2) is 8.69. The van der Waals surface area contributed by atoms with E-state index in [1.807, 2.05) is 60.9 Å². The maximum atomic E-state index is 13.2. The highest BCUT2D eigenvalue weighted by molar-refractivity contribution is 6.30. The molecule has 0 radical (unpaired) electrons. The molecule has 2 aliphatic heterocycles. The van der Waals surface area contributed by atoms with E-state index in [2.05, 4.69) is 4.90 Å². The van der Waals surface area contributed by atoms with Crippen LogP contribution < -0.4 is 0 Å². The van der Waals surface area contributed by atoms with Crippen molar-refractivity contribution in [2.24, 2.45) is 0 Å². The lowest BCUT2D eigenvalue weighted by atomic mass is 9.84. The number of halogens is 1. The summed E-state index contributed by atoms with van der Waals surface area (Å²) < 4.78 is 1.99. The molecule has 0 bridgehead atoms. The summed E-state index contributed by atoms with van der Waals surface area (Å²) in [7, 11) is 0. The average Bonchev–Trinajstić information content (AvgIpc) is 3.25. The SMILES string of the molecule is Cc1c2c(c(C)n1-c1ccccc1)C(=O)N(CCN1CCC(O)(c3ccc(Cl)cc3)CC1)C2=O. The molecule has 176 valence electrons. The van der Waals surface area contributed by atoms with Crippen LogP contribution in [-0.2, 0) is 5.60 Å². The van der Waals surface area contributed by atoms with E-state index < -0.39 is 5.60 Å². The molecule has 0 saturated carbocycles. The Hall–Kier alpha value is -2.93. The molecule has 0 atom stereocenters. The number of rotatable bonds is 5.